The van der Waals surface area contributed by atoms with E-state index in [1.165, 1.54) is 7.11 Å². The highest BCUT2D eigenvalue weighted by atomic mass is 16.7. The highest BCUT2D eigenvalue weighted by Crippen LogP contribution is 2.33. The Bertz CT molecular complexity index is 511. The van der Waals surface area contributed by atoms with Gasteiger partial charge in [0.15, 0.2) is 11.8 Å². The Morgan fingerprint density at radius 3 is 2.57 bits per heavy atom. The standard InChI is InChI=1S/C15H25N3O5/c1-9(11-8-21-15(5,6)23-11)14(3,4)22-10(2)12(17-18-16)13(19)20-7/h10-12H,1,8H2,2-7H3/t10-,11+,12-/m0/s1. The molecule has 1 rings (SSSR count). The molecule has 0 radical (unpaired) electrons. The zero-order valence-electron chi connectivity index (χ0n) is 14.5. The third-order valence-corrected chi connectivity index (χ3v) is 3.71. The van der Waals surface area contributed by atoms with Crippen LogP contribution in [0.15, 0.2) is 17.3 Å². The Balaban J connectivity index is 2.81. The van der Waals surface area contributed by atoms with Crippen LogP contribution < -0.4 is 0 Å². The minimum Gasteiger partial charge on any atom is -0.469 e. The Morgan fingerprint density at radius 1 is 1.52 bits per heavy atom. The molecule has 0 aromatic carbocycles. The van der Waals surface area contributed by atoms with Crippen molar-refractivity contribution in [3.63, 3.8) is 0 Å². The SMILES string of the molecule is C=C([C@H]1COC(C)(C)O1)C(C)(C)O[C@@H](C)[C@H](N=[N+]=[N-])C(=O)OC. The van der Waals surface area contributed by atoms with Crippen LogP contribution in [0.3, 0.4) is 0 Å². The monoisotopic (exact) mass is 327 g/mol. The van der Waals surface area contributed by atoms with Crippen LogP contribution in [0.4, 0.5) is 0 Å². The van der Waals surface area contributed by atoms with Crippen molar-refractivity contribution in [1.29, 1.82) is 0 Å². The normalized spacial score (nSPS) is 22.8. The number of ether oxygens (including phenoxy) is 4. The fourth-order valence-corrected chi connectivity index (χ4v) is 2.36. The average Bonchev–Trinajstić information content (AvgIpc) is 2.82. The largest absolute Gasteiger partial charge is 0.469 e. The minimum atomic E-state index is -1.07. The van der Waals surface area contributed by atoms with Gasteiger partial charge in [-0.2, -0.15) is 0 Å². The maximum absolute atomic E-state index is 11.7. The summed E-state index contributed by atoms with van der Waals surface area (Å²) in [6, 6.07) is -1.07. The molecule has 8 heteroatoms. The fourth-order valence-electron chi connectivity index (χ4n) is 2.36. The van der Waals surface area contributed by atoms with Gasteiger partial charge in [-0.3, -0.25) is 4.79 Å². The zero-order chi connectivity index (χ0) is 17.8. The van der Waals surface area contributed by atoms with Crippen molar-refractivity contribution in [3.8, 4) is 0 Å². The second-order valence-corrected chi connectivity index (χ2v) is 6.35. The van der Waals surface area contributed by atoms with Crippen molar-refractivity contribution < 1.29 is 23.7 Å². The highest BCUT2D eigenvalue weighted by Gasteiger charge is 2.41. The van der Waals surface area contributed by atoms with Crippen molar-refractivity contribution in [2.45, 2.75) is 64.3 Å². The van der Waals surface area contributed by atoms with Crippen molar-refractivity contribution in [3.05, 3.63) is 22.6 Å². The van der Waals surface area contributed by atoms with Gasteiger partial charge in [0.05, 0.1) is 25.4 Å². The lowest BCUT2D eigenvalue weighted by molar-refractivity contribution is -0.150. The van der Waals surface area contributed by atoms with Crippen molar-refractivity contribution in [1.82, 2.24) is 0 Å². The summed E-state index contributed by atoms with van der Waals surface area (Å²) in [7, 11) is 1.23. The van der Waals surface area contributed by atoms with E-state index in [-0.39, 0.29) is 6.10 Å². The molecule has 1 aliphatic heterocycles. The van der Waals surface area contributed by atoms with E-state index in [1.54, 1.807) is 6.92 Å². The first-order valence-electron chi connectivity index (χ1n) is 7.35. The maximum Gasteiger partial charge on any atom is 0.317 e. The number of methoxy groups -OCH3 is 1. The zero-order valence-corrected chi connectivity index (χ0v) is 14.5. The first-order valence-corrected chi connectivity index (χ1v) is 7.35. The van der Waals surface area contributed by atoms with Crippen LogP contribution in [0.1, 0.15) is 34.6 Å². The summed E-state index contributed by atoms with van der Waals surface area (Å²) in [6.45, 7) is 13.3. The number of nitrogens with zero attached hydrogens (tertiary/aromatic N) is 3. The van der Waals surface area contributed by atoms with E-state index in [0.29, 0.717) is 12.2 Å². The quantitative estimate of drug-likeness (QED) is 0.235. The Hall–Kier alpha value is -1.60. The van der Waals surface area contributed by atoms with E-state index < -0.39 is 29.5 Å². The molecule has 3 atom stereocenters. The molecule has 0 amide bonds. The average molecular weight is 327 g/mol. The Kier molecular flexibility index (Phi) is 6.18. The lowest BCUT2D eigenvalue weighted by Crippen LogP contribution is -2.42. The van der Waals surface area contributed by atoms with E-state index in [2.05, 4.69) is 21.3 Å². The molecule has 0 bridgehead atoms. The van der Waals surface area contributed by atoms with Gasteiger partial charge in [0.25, 0.3) is 0 Å². The molecule has 23 heavy (non-hydrogen) atoms. The van der Waals surface area contributed by atoms with Crippen LogP contribution >= 0.6 is 0 Å². The van der Waals surface area contributed by atoms with E-state index in [1.807, 2.05) is 27.7 Å². The summed E-state index contributed by atoms with van der Waals surface area (Å²) in [5.74, 6) is -1.33. The Morgan fingerprint density at radius 2 is 2.13 bits per heavy atom. The molecule has 1 heterocycles. The van der Waals surface area contributed by atoms with E-state index in [4.69, 9.17) is 19.7 Å². The highest BCUT2D eigenvalue weighted by molar-refractivity contribution is 5.76. The van der Waals surface area contributed by atoms with Crippen LogP contribution in [-0.4, -0.2) is 49.3 Å². The van der Waals surface area contributed by atoms with E-state index in [0.717, 1.165) is 0 Å². The lowest BCUT2D eigenvalue weighted by Gasteiger charge is -2.34. The van der Waals surface area contributed by atoms with Gasteiger partial charge in [-0.15, -0.1) is 0 Å². The van der Waals surface area contributed by atoms with Gasteiger partial charge in [0, 0.05) is 4.91 Å². The molecular formula is C15H25N3O5. The van der Waals surface area contributed by atoms with Gasteiger partial charge in [-0.05, 0) is 45.7 Å². The number of hydrogen-bond acceptors (Lipinski definition) is 6. The minimum absolute atomic E-state index is 0.316. The molecule has 1 aliphatic rings. The van der Waals surface area contributed by atoms with Crippen molar-refractivity contribution >= 4 is 5.97 Å². The molecule has 0 aromatic rings. The van der Waals surface area contributed by atoms with Gasteiger partial charge in [-0.1, -0.05) is 11.7 Å². The molecule has 0 aliphatic carbocycles. The topological polar surface area (TPSA) is 103 Å². The van der Waals surface area contributed by atoms with Crippen LogP contribution in [0.25, 0.3) is 10.4 Å². The summed E-state index contributed by atoms with van der Waals surface area (Å²) >= 11 is 0. The van der Waals surface area contributed by atoms with Crippen LogP contribution in [0, 0.1) is 0 Å². The molecule has 0 saturated carbocycles. The first-order chi connectivity index (χ1) is 10.5. The van der Waals surface area contributed by atoms with E-state index in [9.17, 15) is 4.79 Å². The van der Waals surface area contributed by atoms with Gasteiger partial charge in [0.1, 0.15) is 6.10 Å². The van der Waals surface area contributed by atoms with Crippen LogP contribution in [-0.2, 0) is 23.7 Å². The van der Waals surface area contributed by atoms with Crippen LogP contribution in [0.5, 0.6) is 0 Å². The summed E-state index contributed by atoms with van der Waals surface area (Å²) < 4.78 is 21.9. The molecule has 0 N–H and O–H groups in total. The van der Waals surface area contributed by atoms with Gasteiger partial charge in [0.2, 0.25) is 0 Å². The second-order valence-electron chi connectivity index (χ2n) is 6.35. The number of carbonyl (C=O) groups is 1. The molecular weight excluding hydrogens is 302 g/mol. The number of carbonyl (C=O) groups excluding carboxylic acids is 1. The van der Waals surface area contributed by atoms with Gasteiger partial charge >= 0.3 is 5.97 Å². The molecule has 0 aromatic heterocycles. The lowest BCUT2D eigenvalue weighted by atomic mass is 9.94. The predicted molar refractivity (Wildman–Crippen MR) is 83.6 cm³/mol. The molecule has 130 valence electrons. The number of hydrogen-bond donors (Lipinski definition) is 0. The molecule has 8 nitrogen and oxygen atoms in total. The van der Waals surface area contributed by atoms with Crippen LogP contribution in [0.2, 0.25) is 0 Å². The maximum atomic E-state index is 11.7. The smallest absolute Gasteiger partial charge is 0.317 e. The first kappa shape index (κ1) is 19.4. The van der Waals surface area contributed by atoms with E-state index >= 15 is 0 Å². The Labute approximate surface area is 136 Å². The number of rotatable bonds is 7. The fraction of sp³-hybridized carbons (Fsp3) is 0.800. The third-order valence-electron chi connectivity index (χ3n) is 3.71. The molecule has 0 spiro atoms. The van der Waals surface area contributed by atoms with Crippen molar-refractivity contribution in [2.75, 3.05) is 13.7 Å². The number of azide groups is 1. The molecule has 1 saturated heterocycles. The molecule has 1 fully saturated rings. The predicted octanol–water partition coefficient (Wildman–Crippen LogP) is 2.73. The summed E-state index contributed by atoms with van der Waals surface area (Å²) in [5.41, 5.74) is 8.47. The number of esters is 1. The summed E-state index contributed by atoms with van der Waals surface area (Å²) in [6.07, 6.45) is -1.01. The van der Waals surface area contributed by atoms with Gasteiger partial charge in [-0.25, -0.2) is 0 Å². The summed E-state index contributed by atoms with van der Waals surface area (Å²) in [5, 5.41) is 3.45. The third kappa shape index (κ3) is 4.94. The molecule has 0 unspecified atom stereocenters. The summed E-state index contributed by atoms with van der Waals surface area (Å²) in [4.78, 5) is 14.4. The van der Waals surface area contributed by atoms with Crippen molar-refractivity contribution in [2.24, 2.45) is 5.11 Å². The van der Waals surface area contributed by atoms with Gasteiger partial charge < -0.3 is 18.9 Å². The second kappa shape index (κ2) is 7.31.